The predicted octanol–water partition coefficient (Wildman–Crippen LogP) is 4.34. The zero-order chi connectivity index (χ0) is 14.5. The first kappa shape index (κ1) is 14.8. The third-order valence-corrected chi connectivity index (χ3v) is 3.59. The highest BCUT2D eigenvalue weighted by Crippen LogP contribution is 2.20. The molecule has 1 N–H and O–H groups in total. The lowest BCUT2D eigenvalue weighted by Crippen LogP contribution is -2.18. The molecule has 2 aromatic rings. The average molecular weight is 294 g/mol. The van der Waals surface area contributed by atoms with E-state index in [9.17, 15) is 4.39 Å². The van der Waals surface area contributed by atoms with Crippen LogP contribution in [0.5, 0.6) is 5.75 Å². The minimum Gasteiger partial charge on any atom is -0.497 e. The van der Waals surface area contributed by atoms with Crippen molar-refractivity contribution >= 4 is 11.6 Å². The van der Waals surface area contributed by atoms with E-state index >= 15 is 0 Å². The monoisotopic (exact) mass is 293 g/mol. The zero-order valence-electron chi connectivity index (χ0n) is 11.5. The number of benzene rings is 2. The second kappa shape index (κ2) is 6.73. The van der Waals surface area contributed by atoms with Gasteiger partial charge in [-0.2, -0.15) is 0 Å². The minimum atomic E-state index is -0.275. The van der Waals surface area contributed by atoms with Crippen molar-refractivity contribution in [2.75, 3.05) is 7.11 Å². The van der Waals surface area contributed by atoms with Gasteiger partial charge in [-0.05, 0) is 48.4 Å². The van der Waals surface area contributed by atoms with Crippen molar-refractivity contribution < 1.29 is 9.13 Å². The van der Waals surface area contributed by atoms with E-state index in [2.05, 4.69) is 12.2 Å². The number of nitrogens with one attached hydrogen (secondary N) is 1. The van der Waals surface area contributed by atoms with Crippen LogP contribution in [0.2, 0.25) is 5.02 Å². The summed E-state index contributed by atoms with van der Waals surface area (Å²) in [5.41, 5.74) is 1.89. The number of rotatable bonds is 5. The minimum absolute atomic E-state index is 0.139. The normalized spacial score (nSPS) is 12.2. The third-order valence-electron chi connectivity index (χ3n) is 3.22. The summed E-state index contributed by atoms with van der Waals surface area (Å²) in [4.78, 5) is 0. The molecule has 0 radical (unpaired) electrons. The summed E-state index contributed by atoms with van der Waals surface area (Å²) in [6, 6.07) is 12.4. The van der Waals surface area contributed by atoms with Gasteiger partial charge in [-0.1, -0.05) is 23.7 Å². The molecular formula is C16H17ClFNO. The number of methoxy groups -OCH3 is 1. The summed E-state index contributed by atoms with van der Waals surface area (Å²) in [5.74, 6) is 0.553. The molecule has 2 aromatic carbocycles. The van der Waals surface area contributed by atoms with Gasteiger partial charge < -0.3 is 10.1 Å². The lowest BCUT2D eigenvalue weighted by molar-refractivity contribution is 0.414. The molecule has 0 aromatic heterocycles. The molecule has 4 heteroatoms. The molecule has 0 heterocycles. The Morgan fingerprint density at radius 1 is 1.20 bits per heavy atom. The van der Waals surface area contributed by atoms with Gasteiger partial charge in [0.2, 0.25) is 0 Å². The maximum Gasteiger partial charge on any atom is 0.123 e. The molecule has 106 valence electrons. The van der Waals surface area contributed by atoms with Crippen LogP contribution in [0.3, 0.4) is 0 Å². The van der Waals surface area contributed by atoms with Crippen LogP contribution in [-0.4, -0.2) is 7.11 Å². The Labute approximate surface area is 123 Å². The molecule has 0 saturated heterocycles. The largest absolute Gasteiger partial charge is 0.497 e. The Morgan fingerprint density at radius 2 is 1.90 bits per heavy atom. The maximum atomic E-state index is 13.2. The smallest absolute Gasteiger partial charge is 0.123 e. The van der Waals surface area contributed by atoms with Gasteiger partial charge >= 0.3 is 0 Å². The van der Waals surface area contributed by atoms with E-state index in [0.717, 1.165) is 16.9 Å². The summed E-state index contributed by atoms with van der Waals surface area (Å²) >= 11 is 6.04. The first-order valence-electron chi connectivity index (χ1n) is 6.41. The van der Waals surface area contributed by atoms with Gasteiger partial charge in [0.1, 0.15) is 11.6 Å². The van der Waals surface area contributed by atoms with Crippen LogP contribution in [-0.2, 0) is 6.54 Å². The van der Waals surface area contributed by atoms with Gasteiger partial charge in [-0.3, -0.25) is 0 Å². The Bertz CT molecular complexity index is 571. The second-order valence-corrected chi connectivity index (χ2v) is 5.02. The molecule has 0 fully saturated rings. The van der Waals surface area contributed by atoms with Crippen LogP contribution in [0.15, 0.2) is 42.5 Å². The molecule has 0 amide bonds. The number of hydrogen-bond acceptors (Lipinski definition) is 2. The number of ether oxygens (including phenoxy) is 1. The van der Waals surface area contributed by atoms with Crippen molar-refractivity contribution in [2.45, 2.75) is 19.5 Å². The summed E-state index contributed by atoms with van der Waals surface area (Å²) in [6.45, 7) is 2.57. The molecular weight excluding hydrogens is 277 g/mol. The molecule has 0 spiro atoms. The molecule has 2 rings (SSSR count). The van der Waals surface area contributed by atoms with Crippen molar-refractivity contribution in [3.8, 4) is 5.75 Å². The topological polar surface area (TPSA) is 21.3 Å². The van der Waals surface area contributed by atoms with E-state index in [1.165, 1.54) is 12.1 Å². The Morgan fingerprint density at radius 3 is 2.55 bits per heavy atom. The first-order valence-corrected chi connectivity index (χ1v) is 6.79. The predicted molar refractivity (Wildman–Crippen MR) is 79.7 cm³/mol. The third kappa shape index (κ3) is 3.71. The fourth-order valence-corrected chi connectivity index (χ4v) is 2.14. The van der Waals surface area contributed by atoms with Crippen LogP contribution in [0, 0.1) is 5.82 Å². The number of hydrogen-bond donors (Lipinski definition) is 1. The van der Waals surface area contributed by atoms with Gasteiger partial charge in [-0.15, -0.1) is 0 Å². The van der Waals surface area contributed by atoms with Gasteiger partial charge in [-0.25, -0.2) is 4.39 Å². The summed E-state index contributed by atoms with van der Waals surface area (Å²) in [7, 11) is 1.64. The van der Waals surface area contributed by atoms with E-state index in [0.29, 0.717) is 11.6 Å². The van der Waals surface area contributed by atoms with Crippen LogP contribution in [0.1, 0.15) is 24.1 Å². The van der Waals surface area contributed by atoms with Crippen LogP contribution in [0.25, 0.3) is 0 Å². The van der Waals surface area contributed by atoms with E-state index in [1.54, 1.807) is 13.2 Å². The van der Waals surface area contributed by atoms with Crippen molar-refractivity contribution in [1.29, 1.82) is 0 Å². The molecule has 0 bridgehead atoms. The second-order valence-electron chi connectivity index (χ2n) is 4.61. The summed E-state index contributed by atoms with van der Waals surface area (Å²) in [5, 5.41) is 3.90. The maximum absolute atomic E-state index is 13.2. The van der Waals surface area contributed by atoms with E-state index in [1.807, 2.05) is 24.3 Å². The molecule has 1 atom stereocenters. The van der Waals surface area contributed by atoms with Crippen molar-refractivity contribution in [1.82, 2.24) is 5.32 Å². The molecule has 2 nitrogen and oxygen atoms in total. The average Bonchev–Trinajstić information content (AvgIpc) is 2.48. The van der Waals surface area contributed by atoms with Crippen LogP contribution < -0.4 is 10.1 Å². The van der Waals surface area contributed by atoms with Gasteiger partial charge in [0.25, 0.3) is 0 Å². The molecule has 0 aliphatic heterocycles. The highest BCUT2D eigenvalue weighted by molar-refractivity contribution is 6.31. The quantitative estimate of drug-likeness (QED) is 0.885. The van der Waals surface area contributed by atoms with Gasteiger partial charge in [0, 0.05) is 17.6 Å². The van der Waals surface area contributed by atoms with E-state index in [4.69, 9.17) is 16.3 Å². The summed E-state index contributed by atoms with van der Waals surface area (Å²) in [6.07, 6.45) is 0. The fourth-order valence-electron chi connectivity index (χ4n) is 1.95. The Hall–Kier alpha value is -1.58. The van der Waals surface area contributed by atoms with Crippen molar-refractivity contribution in [3.05, 3.63) is 64.4 Å². The molecule has 20 heavy (non-hydrogen) atoms. The van der Waals surface area contributed by atoms with Crippen LogP contribution in [0.4, 0.5) is 4.39 Å². The van der Waals surface area contributed by atoms with E-state index in [-0.39, 0.29) is 11.9 Å². The lowest BCUT2D eigenvalue weighted by atomic mass is 10.1. The van der Waals surface area contributed by atoms with Gasteiger partial charge in [0.05, 0.1) is 7.11 Å². The molecule has 0 unspecified atom stereocenters. The molecule has 0 aliphatic rings. The molecule has 0 aliphatic carbocycles. The Balaban J connectivity index is 2.00. The van der Waals surface area contributed by atoms with Gasteiger partial charge in [0.15, 0.2) is 0 Å². The standard InChI is InChI=1S/C16H17ClFNO/c1-11(12-3-6-15(20-2)7-4-12)19-10-13-9-14(18)5-8-16(13)17/h3-9,11,19H,10H2,1-2H3/t11-/m1/s1. The Kier molecular flexibility index (Phi) is 4.99. The SMILES string of the molecule is COc1ccc([C@@H](C)NCc2cc(F)ccc2Cl)cc1. The highest BCUT2D eigenvalue weighted by atomic mass is 35.5. The molecule has 0 saturated carbocycles. The first-order chi connectivity index (χ1) is 9.60. The summed E-state index contributed by atoms with van der Waals surface area (Å²) < 4.78 is 18.3. The van der Waals surface area contributed by atoms with E-state index < -0.39 is 0 Å². The van der Waals surface area contributed by atoms with Crippen molar-refractivity contribution in [2.24, 2.45) is 0 Å². The highest BCUT2D eigenvalue weighted by Gasteiger charge is 2.07. The zero-order valence-corrected chi connectivity index (χ0v) is 12.2. The number of halogens is 2. The van der Waals surface area contributed by atoms with Crippen molar-refractivity contribution in [3.63, 3.8) is 0 Å². The fraction of sp³-hybridized carbons (Fsp3) is 0.250. The lowest BCUT2D eigenvalue weighted by Gasteiger charge is -2.15. The van der Waals surface area contributed by atoms with Crippen LogP contribution >= 0.6 is 11.6 Å².